The van der Waals surface area contributed by atoms with Gasteiger partial charge in [0.1, 0.15) is 0 Å². The monoisotopic (exact) mass is 277 g/mol. The Balaban J connectivity index is 2.49. The SMILES string of the molecule is CCNC(=NCc1ccc(C)cc1)NCCC(=O)OC. The first-order chi connectivity index (χ1) is 9.65. The van der Waals surface area contributed by atoms with Crippen LogP contribution < -0.4 is 10.6 Å². The summed E-state index contributed by atoms with van der Waals surface area (Å²) in [4.78, 5) is 15.5. The molecule has 1 rings (SSSR count). The van der Waals surface area contributed by atoms with Crippen LogP contribution in [-0.4, -0.2) is 32.1 Å². The highest BCUT2D eigenvalue weighted by molar-refractivity contribution is 5.80. The molecule has 0 aromatic heterocycles. The van der Waals surface area contributed by atoms with Crippen molar-refractivity contribution in [3.05, 3.63) is 35.4 Å². The Morgan fingerprint density at radius 1 is 1.25 bits per heavy atom. The molecular formula is C15H23N3O2. The lowest BCUT2D eigenvalue weighted by Gasteiger charge is -2.10. The molecule has 0 heterocycles. The number of benzene rings is 1. The Kier molecular flexibility index (Phi) is 7.17. The van der Waals surface area contributed by atoms with Gasteiger partial charge in [-0.05, 0) is 19.4 Å². The van der Waals surface area contributed by atoms with Crippen LogP contribution in [0.5, 0.6) is 0 Å². The van der Waals surface area contributed by atoms with Crippen LogP contribution in [0.3, 0.4) is 0 Å². The van der Waals surface area contributed by atoms with Gasteiger partial charge >= 0.3 is 5.97 Å². The summed E-state index contributed by atoms with van der Waals surface area (Å²) in [5.41, 5.74) is 2.39. The minimum Gasteiger partial charge on any atom is -0.469 e. The average molecular weight is 277 g/mol. The van der Waals surface area contributed by atoms with E-state index in [2.05, 4.69) is 51.6 Å². The molecule has 5 heteroatoms. The van der Waals surface area contributed by atoms with E-state index in [4.69, 9.17) is 0 Å². The molecule has 0 aliphatic carbocycles. The molecule has 1 aromatic rings. The normalized spacial score (nSPS) is 11.1. The van der Waals surface area contributed by atoms with Crippen molar-refractivity contribution in [2.75, 3.05) is 20.2 Å². The maximum Gasteiger partial charge on any atom is 0.307 e. The second kappa shape index (κ2) is 8.96. The highest BCUT2D eigenvalue weighted by Crippen LogP contribution is 2.04. The van der Waals surface area contributed by atoms with E-state index in [-0.39, 0.29) is 5.97 Å². The quantitative estimate of drug-likeness (QED) is 0.471. The smallest absolute Gasteiger partial charge is 0.307 e. The van der Waals surface area contributed by atoms with Crippen molar-refractivity contribution in [2.45, 2.75) is 26.8 Å². The molecule has 0 aliphatic heterocycles. The molecule has 110 valence electrons. The molecular weight excluding hydrogens is 254 g/mol. The Bertz CT molecular complexity index is 441. The first-order valence-corrected chi connectivity index (χ1v) is 6.80. The number of nitrogens with zero attached hydrogens (tertiary/aromatic N) is 1. The molecule has 0 saturated carbocycles. The first kappa shape index (κ1) is 16.0. The number of carbonyl (C=O) groups is 1. The molecule has 0 radical (unpaired) electrons. The van der Waals surface area contributed by atoms with Crippen LogP contribution in [0.4, 0.5) is 0 Å². The zero-order valence-electron chi connectivity index (χ0n) is 12.4. The van der Waals surface area contributed by atoms with Gasteiger partial charge in [0.2, 0.25) is 0 Å². The Morgan fingerprint density at radius 2 is 1.95 bits per heavy atom. The lowest BCUT2D eigenvalue weighted by molar-refractivity contribution is -0.140. The van der Waals surface area contributed by atoms with Crippen LogP contribution in [-0.2, 0) is 16.1 Å². The van der Waals surface area contributed by atoms with Crippen LogP contribution >= 0.6 is 0 Å². The van der Waals surface area contributed by atoms with E-state index in [0.717, 1.165) is 12.1 Å². The summed E-state index contributed by atoms with van der Waals surface area (Å²) in [6, 6.07) is 8.28. The number of hydrogen-bond donors (Lipinski definition) is 2. The van der Waals surface area contributed by atoms with Gasteiger partial charge in [-0.25, -0.2) is 4.99 Å². The van der Waals surface area contributed by atoms with Crippen LogP contribution in [0.2, 0.25) is 0 Å². The Hall–Kier alpha value is -2.04. The summed E-state index contributed by atoms with van der Waals surface area (Å²) in [6.07, 6.45) is 0.325. The molecule has 0 aliphatic rings. The first-order valence-electron chi connectivity index (χ1n) is 6.80. The van der Waals surface area contributed by atoms with E-state index >= 15 is 0 Å². The van der Waals surface area contributed by atoms with Crippen molar-refractivity contribution >= 4 is 11.9 Å². The third-order valence-corrected chi connectivity index (χ3v) is 2.73. The lowest BCUT2D eigenvalue weighted by Crippen LogP contribution is -2.38. The van der Waals surface area contributed by atoms with Crippen molar-refractivity contribution in [1.82, 2.24) is 10.6 Å². The maximum absolute atomic E-state index is 11.0. The molecule has 0 amide bonds. The van der Waals surface area contributed by atoms with Gasteiger partial charge in [-0.15, -0.1) is 0 Å². The van der Waals surface area contributed by atoms with E-state index in [9.17, 15) is 4.79 Å². The summed E-state index contributed by atoms with van der Waals surface area (Å²) in [6.45, 7) is 5.95. The predicted molar refractivity (Wildman–Crippen MR) is 80.6 cm³/mol. The van der Waals surface area contributed by atoms with Gasteiger partial charge in [-0.3, -0.25) is 4.79 Å². The van der Waals surface area contributed by atoms with E-state index in [1.54, 1.807) is 0 Å². The van der Waals surface area contributed by atoms with Crippen LogP contribution in [0.1, 0.15) is 24.5 Å². The number of hydrogen-bond acceptors (Lipinski definition) is 3. The van der Waals surface area contributed by atoms with Gasteiger partial charge in [0, 0.05) is 13.1 Å². The zero-order valence-corrected chi connectivity index (χ0v) is 12.4. The molecule has 0 atom stereocenters. The molecule has 0 fully saturated rings. The van der Waals surface area contributed by atoms with Crippen molar-refractivity contribution in [1.29, 1.82) is 0 Å². The predicted octanol–water partition coefficient (Wildman–Crippen LogP) is 1.61. The lowest BCUT2D eigenvalue weighted by atomic mass is 10.1. The molecule has 0 unspecified atom stereocenters. The minimum absolute atomic E-state index is 0.230. The summed E-state index contributed by atoms with van der Waals surface area (Å²) >= 11 is 0. The van der Waals surface area contributed by atoms with Gasteiger partial charge in [0.05, 0.1) is 20.1 Å². The molecule has 2 N–H and O–H groups in total. The number of carbonyl (C=O) groups excluding carboxylic acids is 1. The van der Waals surface area contributed by atoms with Crippen molar-refractivity contribution in [3.63, 3.8) is 0 Å². The highest BCUT2D eigenvalue weighted by Gasteiger charge is 2.01. The summed E-state index contributed by atoms with van der Waals surface area (Å²) < 4.78 is 4.59. The summed E-state index contributed by atoms with van der Waals surface area (Å²) in [7, 11) is 1.39. The molecule has 5 nitrogen and oxygen atoms in total. The van der Waals surface area contributed by atoms with E-state index in [0.29, 0.717) is 25.5 Å². The molecule has 0 spiro atoms. The van der Waals surface area contributed by atoms with Gasteiger partial charge in [0.25, 0.3) is 0 Å². The summed E-state index contributed by atoms with van der Waals surface area (Å²) in [5.74, 6) is 0.476. The highest BCUT2D eigenvalue weighted by atomic mass is 16.5. The van der Waals surface area contributed by atoms with E-state index in [1.807, 2.05) is 6.92 Å². The van der Waals surface area contributed by atoms with Gasteiger partial charge < -0.3 is 15.4 Å². The van der Waals surface area contributed by atoms with Crippen molar-refractivity contribution in [2.24, 2.45) is 4.99 Å². The third kappa shape index (κ3) is 6.22. The van der Waals surface area contributed by atoms with E-state index < -0.39 is 0 Å². The van der Waals surface area contributed by atoms with Crippen LogP contribution in [0.25, 0.3) is 0 Å². The van der Waals surface area contributed by atoms with Gasteiger partial charge in [0.15, 0.2) is 5.96 Å². The number of esters is 1. The Labute approximate surface area is 120 Å². The number of nitrogens with one attached hydrogen (secondary N) is 2. The molecule has 1 aromatic carbocycles. The van der Waals surface area contributed by atoms with Crippen molar-refractivity contribution in [3.8, 4) is 0 Å². The fourth-order valence-corrected chi connectivity index (χ4v) is 1.59. The van der Waals surface area contributed by atoms with Gasteiger partial charge in [-0.1, -0.05) is 29.8 Å². The maximum atomic E-state index is 11.0. The second-order valence-corrected chi connectivity index (χ2v) is 4.43. The summed E-state index contributed by atoms with van der Waals surface area (Å²) in [5, 5.41) is 6.25. The number of aliphatic imine (C=N–C) groups is 1. The molecule has 0 bridgehead atoms. The fourth-order valence-electron chi connectivity index (χ4n) is 1.59. The van der Waals surface area contributed by atoms with Crippen LogP contribution in [0, 0.1) is 6.92 Å². The van der Waals surface area contributed by atoms with Crippen molar-refractivity contribution < 1.29 is 9.53 Å². The standard InChI is InChI=1S/C15H23N3O2/c1-4-16-15(17-10-9-14(19)20-3)18-11-13-7-5-12(2)6-8-13/h5-8H,4,9-11H2,1-3H3,(H2,16,17,18). The number of methoxy groups -OCH3 is 1. The average Bonchev–Trinajstić information content (AvgIpc) is 2.46. The molecule has 0 saturated heterocycles. The topological polar surface area (TPSA) is 62.7 Å². The second-order valence-electron chi connectivity index (χ2n) is 4.43. The van der Waals surface area contributed by atoms with E-state index in [1.165, 1.54) is 12.7 Å². The minimum atomic E-state index is -0.230. The van der Waals surface area contributed by atoms with Crippen LogP contribution in [0.15, 0.2) is 29.3 Å². The number of aryl methyl sites for hydroxylation is 1. The Morgan fingerprint density at radius 3 is 2.55 bits per heavy atom. The number of ether oxygens (including phenoxy) is 1. The third-order valence-electron chi connectivity index (χ3n) is 2.73. The largest absolute Gasteiger partial charge is 0.469 e. The zero-order chi connectivity index (χ0) is 14.8. The fraction of sp³-hybridized carbons (Fsp3) is 0.467. The molecule has 20 heavy (non-hydrogen) atoms. The van der Waals surface area contributed by atoms with Gasteiger partial charge in [-0.2, -0.15) is 0 Å². The number of guanidine groups is 1. The number of rotatable bonds is 6.